The zero-order chi connectivity index (χ0) is 13.0. The summed E-state index contributed by atoms with van der Waals surface area (Å²) in [5.41, 5.74) is 5.79. The second-order valence-electron chi connectivity index (χ2n) is 5.14. The van der Waals surface area contributed by atoms with Crippen molar-refractivity contribution in [2.24, 2.45) is 11.7 Å². The van der Waals surface area contributed by atoms with E-state index >= 15 is 0 Å². The molecule has 0 radical (unpaired) electrons. The first-order valence-corrected chi connectivity index (χ1v) is 7.01. The summed E-state index contributed by atoms with van der Waals surface area (Å²) < 4.78 is 5.89. The van der Waals surface area contributed by atoms with Crippen molar-refractivity contribution < 1.29 is 4.74 Å². The lowest BCUT2D eigenvalue weighted by Gasteiger charge is -2.28. The fourth-order valence-electron chi connectivity index (χ4n) is 2.67. The van der Waals surface area contributed by atoms with Crippen LogP contribution < -0.4 is 5.73 Å². The van der Waals surface area contributed by atoms with Gasteiger partial charge in [0, 0.05) is 6.61 Å². The van der Waals surface area contributed by atoms with Gasteiger partial charge in [-0.25, -0.2) is 4.98 Å². The zero-order valence-corrected chi connectivity index (χ0v) is 11.4. The third-order valence-corrected chi connectivity index (χ3v) is 3.62. The quantitative estimate of drug-likeness (QED) is 0.844. The smallest absolute Gasteiger partial charge is 0.167 e. The average Bonchev–Trinajstić information content (AvgIpc) is 2.86. The van der Waals surface area contributed by atoms with Crippen LogP contribution in [-0.2, 0) is 4.74 Å². The van der Waals surface area contributed by atoms with Crippen LogP contribution in [0.3, 0.4) is 0 Å². The van der Waals surface area contributed by atoms with E-state index in [0.717, 1.165) is 5.82 Å². The van der Waals surface area contributed by atoms with Gasteiger partial charge in [-0.2, -0.15) is 5.10 Å². The number of rotatable bonds is 5. The molecule has 1 saturated carbocycles. The van der Waals surface area contributed by atoms with Crippen molar-refractivity contribution in [1.29, 1.82) is 0 Å². The number of nitrogens with zero attached hydrogens (tertiary/aromatic N) is 2. The molecular formula is C13H24N4O. The van der Waals surface area contributed by atoms with Gasteiger partial charge >= 0.3 is 0 Å². The van der Waals surface area contributed by atoms with Gasteiger partial charge < -0.3 is 10.5 Å². The minimum atomic E-state index is -0.136. The third-order valence-electron chi connectivity index (χ3n) is 3.62. The van der Waals surface area contributed by atoms with Crippen molar-refractivity contribution in [1.82, 2.24) is 15.2 Å². The minimum absolute atomic E-state index is 0.0512. The summed E-state index contributed by atoms with van der Waals surface area (Å²) in [5, 5.41) is 7.18. The van der Waals surface area contributed by atoms with E-state index in [2.05, 4.69) is 15.2 Å². The topological polar surface area (TPSA) is 76.8 Å². The van der Waals surface area contributed by atoms with Crippen molar-refractivity contribution in [3.63, 3.8) is 0 Å². The van der Waals surface area contributed by atoms with Gasteiger partial charge in [-0.05, 0) is 32.6 Å². The molecule has 2 atom stereocenters. The van der Waals surface area contributed by atoms with Crippen LogP contribution in [0.25, 0.3) is 0 Å². The van der Waals surface area contributed by atoms with Crippen molar-refractivity contribution in [2.75, 3.05) is 6.61 Å². The summed E-state index contributed by atoms with van der Waals surface area (Å²) in [7, 11) is 0. The first kappa shape index (κ1) is 13.5. The molecule has 0 amide bonds. The van der Waals surface area contributed by atoms with E-state index in [4.69, 9.17) is 10.5 Å². The van der Waals surface area contributed by atoms with Crippen molar-refractivity contribution >= 4 is 0 Å². The summed E-state index contributed by atoms with van der Waals surface area (Å²) in [4.78, 5) is 4.49. The van der Waals surface area contributed by atoms with Gasteiger partial charge in [0.25, 0.3) is 0 Å². The highest BCUT2D eigenvalue weighted by molar-refractivity contribution is 4.99. The molecule has 18 heavy (non-hydrogen) atoms. The Morgan fingerprint density at radius 3 is 2.67 bits per heavy atom. The Hall–Kier alpha value is -0.940. The lowest BCUT2D eigenvalue weighted by atomic mass is 9.85. The van der Waals surface area contributed by atoms with E-state index in [9.17, 15) is 0 Å². The molecule has 0 bridgehead atoms. The second-order valence-corrected chi connectivity index (χ2v) is 5.14. The van der Waals surface area contributed by atoms with Crippen LogP contribution in [-0.4, -0.2) is 21.8 Å². The van der Waals surface area contributed by atoms with Gasteiger partial charge in [0.1, 0.15) is 6.10 Å². The van der Waals surface area contributed by atoms with Crippen LogP contribution in [0.1, 0.15) is 69.7 Å². The molecule has 3 N–H and O–H groups in total. The van der Waals surface area contributed by atoms with Crippen LogP contribution in [0.2, 0.25) is 0 Å². The molecule has 0 aromatic carbocycles. The van der Waals surface area contributed by atoms with E-state index in [1.165, 1.54) is 32.1 Å². The number of nitrogens with one attached hydrogen (secondary N) is 1. The molecule has 102 valence electrons. The number of H-pyrrole nitrogens is 1. The Balaban J connectivity index is 2.11. The van der Waals surface area contributed by atoms with Gasteiger partial charge in [-0.1, -0.05) is 19.3 Å². The monoisotopic (exact) mass is 252 g/mol. The van der Waals surface area contributed by atoms with Crippen molar-refractivity contribution in [3.05, 3.63) is 11.6 Å². The summed E-state index contributed by atoms with van der Waals surface area (Å²) in [6, 6.07) is -0.136. The molecule has 1 heterocycles. The second kappa shape index (κ2) is 6.29. The summed E-state index contributed by atoms with van der Waals surface area (Å²) >= 11 is 0. The maximum atomic E-state index is 5.89. The van der Waals surface area contributed by atoms with Gasteiger partial charge in [0.05, 0.1) is 6.04 Å². The molecule has 1 aliphatic carbocycles. The predicted octanol–water partition coefficient (Wildman–Crippen LogP) is 2.48. The minimum Gasteiger partial charge on any atom is -0.370 e. The van der Waals surface area contributed by atoms with Crippen LogP contribution in [0, 0.1) is 5.92 Å². The number of aromatic nitrogens is 3. The van der Waals surface area contributed by atoms with E-state index in [1.54, 1.807) is 0 Å². The van der Waals surface area contributed by atoms with Crippen LogP contribution in [0.15, 0.2) is 0 Å². The van der Waals surface area contributed by atoms with Crippen molar-refractivity contribution in [2.45, 2.75) is 58.1 Å². The predicted molar refractivity (Wildman–Crippen MR) is 69.9 cm³/mol. The Morgan fingerprint density at radius 1 is 1.39 bits per heavy atom. The Bertz CT molecular complexity index is 358. The number of nitrogens with two attached hydrogens (primary N) is 1. The molecule has 5 heteroatoms. The average molecular weight is 252 g/mol. The van der Waals surface area contributed by atoms with Gasteiger partial charge in [0.2, 0.25) is 0 Å². The van der Waals surface area contributed by atoms with Crippen LogP contribution >= 0.6 is 0 Å². The molecule has 0 saturated heterocycles. The largest absolute Gasteiger partial charge is 0.370 e. The molecule has 0 spiro atoms. The molecule has 1 fully saturated rings. The molecule has 2 unspecified atom stereocenters. The number of hydrogen-bond donors (Lipinski definition) is 2. The fourth-order valence-corrected chi connectivity index (χ4v) is 2.67. The highest BCUT2D eigenvalue weighted by Crippen LogP contribution is 2.35. The SMILES string of the molecule is CCOC(c1nc(C(C)N)n[nH]1)C1CCCCC1. The number of aromatic amines is 1. The Labute approximate surface area is 109 Å². The highest BCUT2D eigenvalue weighted by Gasteiger charge is 2.28. The van der Waals surface area contributed by atoms with E-state index < -0.39 is 0 Å². The molecular weight excluding hydrogens is 228 g/mol. The van der Waals surface area contributed by atoms with Gasteiger partial charge in [0.15, 0.2) is 11.6 Å². The molecule has 5 nitrogen and oxygen atoms in total. The van der Waals surface area contributed by atoms with E-state index in [0.29, 0.717) is 18.3 Å². The van der Waals surface area contributed by atoms with E-state index in [1.807, 2.05) is 13.8 Å². The van der Waals surface area contributed by atoms with Crippen LogP contribution in [0.4, 0.5) is 0 Å². The fraction of sp³-hybridized carbons (Fsp3) is 0.846. The maximum absolute atomic E-state index is 5.89. The summed E-state index contributed by atoms with van der Waals surface area (Å²) in [6.45, 7) is 4.62. The van der Waals surface area contributed by atoms with Crippen LogP contribution in [0.5, 0.6) is 0 Å². The van der Waals surface area contributed by atoms with Gasteiger partial charge in [-0.15, -0.1) is 0 Å². The highest BCUT2D eigenvalue weighted by atomic mass is 16.5. The first-order valence-electron chi connectivity index (χ1n) is 7.01. The zero-order valence-electron chi connectivity index (χ0n) is 11.4. The first-order chi connectivity index (χ1) is 8.72. The molecule has 1 aromatic heterocycles. The lowest BCUT2D eigenvalue weighted by molar-refractivity contribution is 0.00000290. The lowest BCUT2D eigenvalue weighted by Crippen LogP contribution is -2.20. The maximum Gasteiger partial charge on any atom is 0.167 e. The molecule has 1 aromatic rings. The Kier molecular flexibility index (Phi) is 4.72. The molecule has 2 rings (SSSR count). The normalized spacial score (nSPS) is 20.8. The molecule has 0 aliphatic heterocycles. The molecule has 1 aliphatic rings. The Morgan fingerprint density at radius 2 is 2.11 bits per heavy atom. The third kappa shape index (κ3) is 3.09. The van der Waals surface area contributed by atoms with Gasteiger partial charge in [-0.3, -0.25) is 5.10 Å². The van der Waals surface area contributed by atoms with E-state index in [-0.39, 0.29) is 12.1 Å². The number of ether oxygens (including phenoxy) is 1. The standard InChI is InChI=1S/C13H24N4O/c1-3-18-11(10-7-5-4-6-8-10)13-15-12(9(2)14)16-17-13/h9-11H,3-8,14H2,1-2H3,(H,15,16,17). The summed E-state index contributed by atoms with van der Waals surface area (Å²) in [5.74, 6) is 2.08. The van der Waals surface area contributed by atoms with Crippen molar-refractivity contribution in [3.8, 4) is 0 Å². The summed E-state index contributed by atoms with van der Waals surface area (Å²) in [6.07, 6.45) is 6.43. The number of hydrogen-bond acceptors (Lipinski definition) is 4.